The van der Waals surface area contributed by atoms with Gasteiger partial charge in [0.05, 0.1) is 0 Å². The lowest BCUT2D eigenvalue weighted by Crippen LogP contribution is -2.05. The molecule has 0 saturated heterocycles. The second kappa shape index (κ2) is 5.47. The Morgan fingerprint density at radius 3 is 2.62 bits per heavy atom. The van der Waals surface area contributed by atoms with Gasteiger partial charge in [0, 0.05) is 10.6 Å². The quantitative estimate of drug-likeness (QED) is 0.704. The smallest absolute Gasteiger partial charge is 0.129 e. The van der Waals surface area contributed by atoms with Crippen molar-refractivity contribution in [3.63, 3.8) is 0 Å². The molecule has 0 aliphatic rings. The fourth-order valence-electron chi connectivity index (χ4n) is 2.65. The Labute approximate surface area is 127 Å². The summed E-state index contributed by atoms with van der Waals surface area (Å²) in [5.41, 5.74) is 1.83. The third kappa shape index (κ3) is 2.53. The summed E-state index contributed by atoms with van der Waals surface area (Å²) in [6.07, 6.45) is -1.05. The van der Waals surface area contributed by atoms with Crippen LogP contribution in [0.15, 0.2) is 54.6 Å². The fourth-order valence-corrected chi connectivity index (χ4v) is 2.83. The number of hydrogen-bond acceptors (Lipinski definition) is 1. The van der Waals surface area contributed by atoms with Gasteiger partial charge in [0.15, 0.2) is 0 Å². The maximum absolute atomic E-state index is 14.0. The summed E-state index contributed by atoms with van der Waals surface area (Å²) in [4.78, 5) is 0. The van der Waals surface area contributed by atoms with E-state index in [9.17, 15) is 9.50 Å². The lowest BCUT2D eigenvalue weighted by molar-refractivity contribution is 0.216. The number of fused-ring (bicyclic) bond motifs is 1. The molecule has 0 aromatic heterocycles. The summed E-state index contributed by atoms with van der Waals surface area (Å²) in [7, 11) is 0. The van der Waals surface area contributed by atoms with Crippen LogP contribution >= 0.6 is 11.6 Å². The van der Waals surface area contributed by atoms with Gasteiger partial charge in [-0.1, -0.05) is 48.0 Å². The van der Waals surface area contributed by atoms with Gasteiger partial charge in [-0.15, -0.1) is 0 Å². The van der Waals surface area contributed by atoms with Crippen LogP contribution in [0.4, 0.5) is 4.39 Å². The van der Waals surface area contributed by atoms with E-state index in [0.29, 0.717) is 10.6 Å². The Bertz CT molecular complexity index is 813. The first-order valence-electron chi connectivity index (χ1n) is 6.69. The number of benzene rings is 3. The first kappa shape index (κ1) is 14.1. The predicted molar refractivity (Wildman–Crippen MR) is 84.2 cm³/mol. The summed E-state index contributed by atoms with van der Waals surface area (Å²) in [6.45, 7) is 1.91. The zero-order chi connectivity index (χ0) is 15.0. The molecular formula is C18H14ClFO. The number of hydrogen-bond donors (Lipinski definition) is 1. The van der Waals surface area contributed by atoms with Crippen molar-refractivity contribution in [3.8, 4) is 0 Å². The molecule has 3 heteroatoms. The highest BCUT2D eigenvalue weighted by Crippen LogP contribution is 2.33. The van der Waals surface area contributed by atoms with Crippen LogP contribution in [0.1, 0.15) is 22.8 Å². The van der Waals surface area contributed by atoms with Crippen LogP contribution in [-0.4, -0.2) is 5.11 Å². The largest absolute Gasteiger partial charge is 0.384 e. The third-order valence-electron chi connectivity index (χ3n) is 3.71. The predicted octanol–water partition coefficient (Wildman–Crippen LogP) is 5.02. The highest BCUT2D eigenvalue weighted by molar-refractivity contribution is 6.30. The van der Waals surface area contributed by atoms with Gasteiger partial charge in [-0.05, 0) is 47.0 Å². The Balaban J connectivity index is 2.24. The third-order valence-corrected chi connectivity index (χ3v) is 3.95. The Morgan fingerprint density at radius 2 is 1.81 bits per heavy atom. The van der Waals surface area contributed by atoms with Crippen molar-refractivity contribution in [2.24, 2.45) is 0 Å². The van der Waals surface area contributed by atoms with Crippen molar-refractivity contribution < 1.29 is 9.50 Å². The van der Waals surface area contributed by atoms with Gasteiger partial charge in [0.1, 0.15) is 11.9 Å². The van der Waals surface area contributed by atoms with Crippen LogP contribution < -0.4 is 0 Å². The molecule has 0 fully saturated rings. The zero-order valence-corrected chi connectivity index (χ0v) is 12.2. The summed E-state index contributed by atoms with van der Waals surface area (Å²) in [5, 5.41) is 13.0. The minimum atomic E-state index is -1.05. The van der Waals surface area contributed by atoms with E-state index in [1.807, 2.05) is 43.3 Å². The SMILES string of the molecule is Cc1ccc2ccccc2c1C(O)c1cc(Cl)ccc1F. The summed E-state index contributed by atoms with van der Waals surface area (Å²) in [5.74, 6) is -0.459. The molecule has 0 amide bonds. The van der Waals surface area contributed by atoms with Crippen molar-refractivity contribution in [1.82, 2.24) is 0 Å². The molecule has 1 nitrogen and oxygen atoms in total. The van der Waals surface area contributed by atoms with Gasteiger partial charge in [0.2, 0.25) is 0 Å². The normalized spacial score (nSPS) is 12.6. The average Bonchev–Trinajstić information content (AvgIpc) is 2.49. The monoisotopic (exact) mass is 300 g/mol. The van der Waals surface area contributed by atoms with Gasteiger partial charge in [-0.3, -0.25) is 0 Å². The standard InChI is InChI=1S/C18H14ClFO/c1-11-6-7-12-4-2-3-5-14(12)17(11)18(21)15-10-13(19)8-9-16(15)20/h2-10,18,21H,1H3. The molecule has 0 heterocycles. The summed E-state index contributed by atoms with van der Waals surface area (Å²) in [6, 6.07) is 15.9. The van der Waals surface area contributed by atoms with Crippen LogP contribution in [0, 0.1) is 12.7 Å². The molecule has 0 radical (unpaired) electrons. The first-order valence-corrected chi connectivity index (χ1v) is 7.07. The van der Waals surface area contributed by atoms with Gasteiger partial charge in [-0.25, -0.2) is 4.39 Å². The fraction of sp³-hybridized carbons (Fsp3) is 0.111. The second-order valence-electron chi connectivity index (χ2n) is 5.09. The lowest BCUT2D eigenvalue weighted by atomic mass is 9.92. The number of rotatable bonds is 2. The van der Waals surface area contributed by atoms with Crippen molar-refractivity contribution in [2.75, 3.05) is 0 Å². The van der Waals surface area contributed by atoms with Crippen molar-refractivity contribution in [3.05, 3.63) is 82.1 Å². The molecule has 3 aromatic carbocycles. The molecule has 21 heavy (non-hydrogen) atoms. The van der Waals surface area contributed by atoms with E-state index in [4.69, 9.17) is 11.6 Å². The lowest BCUT2D eigenvalue weighted by Gasteiger charge is -2.18. The van der Waals surface area contributed by atoms with Gasteiger partial charge < -0.3 is 5.11 Å². The molecular weight excluding hydrogens is 287 g/mol. The molecule has 0 bridgehead atoms. The van der Waals surface area contributed by atoms with Crippen LogP contribution in [0.3, 0.4) is 0 Å². The Morgan fingerprint density at radius 1 is 1.05 bits per heavy atom. The van der Waals surface area contributed by atoms with Crippen molar-refractivity contribution in [1.29, 1.82) is 0 Å². The Hall–Kier alpha value is -1.90. The van der Waals surface area contributed by atoms with Gasteiger partial charge in [0.25, 0.3) is 0 Å². The van der Waals surface area contributed by atoms with Crippen molar-refractivity contribution in [2.45, 2.75) is 13.0 Å². The van der Waals surface area contributed by atoms with E-state index in [0.717, 1.165) is 16.3 Å². The van der Waals surface area contributed by atoms with Crippen LogP contribution in [0.25, 0.3) is 10.8 Å². The average molecular weight is 301 g/mol. The molecule has 106 valence electrons. The summed E-state index contributed by atoms with van der Waals surface area (Å²) >= 11 is 5.93. The highest BCUT2D eigenvalue weighted by Gasteiger charge is 2.19. The molecule has 3 rings (SSSR count). The minimum absolute atomic E-state index is 0.196. The van der Waals surface area contributed by atoms with E-state index in [2.05, 4.69) is 0 Å². The highest BCUT2D eigenvalue weighted by atomic mass is 35.5. The van der Waals surface area contributed by atoms with Crippen molar-refractivity contribution >= 4 is 22.4 Å². The molecule has 0 spiro atoms. The second-order valence-corrected chi connectivity index (χ2v) is 5.52. The Kier molecular flexibility index (Phi) is 3.66. The number of aliphatic hydroxyl groups is 1. The zero-order valence-electron chi connectivity index (χ0n) is 11.5. The molecule has 1 atom stereocenters. The number of halogens is 2. The molecule has 0 aliphatic heterocycles. The molecule has 0 saturated carbocycles. The maximum atomic E-state index is 14.0. The van der Waals surface area contributed by atoms with Gasteiger partial charge in [-0.2, -0.15) is 0 Å². The first-order chi connectivity index (χ1) is 10.1. The molecule has 1 unspecified atom stereocenters. The van der Waals surface area contributed by atoms with Crippen LogP contribution in [-0.2, 0) is 0 Å². The number of aliphatic hydroxyl groups excluding tert-OH is 1. The van der Waals surface area contributed by atoms with E-state index in [1.165, 1.54) is 18.2 Å². The van der Waals surface area contributed by atoms with E-state index in [-0.39, 0.29) is 5.56 Å². The molecule has 3 aromatic rings. The van der Waals surface area contributed by atoms with E-state index >= 15 is 0 Å². The molecule has 0 aliphatic carbocycles. The van der Waals surface area contributed by atoms with E-state index < -0.39 is 11.9 Å². The van der Waals surface area contributed by atoms with Gasteiger partial charge >= 0.3 is 0 Å². The van der Waals surface area contributed by atoms with Crippen LogP contribution in [0.5, 0.6) is 0 Å². The maximum Gasteiger partial charge on any atom is 0.129 e. The molecule has 1 N–H and O–H groups in total. The minimum Gasteiger partial charge on any atom is -0.384 e. The summed E-state index contributed by atoms with van der Waals surface area (Å²) < 4.78 is 14.0. The van der Waals surface area contributed by atoms with Crippen LogP contribution in [0.2, 0.25) is 5.02 Å². The number of aryl methyl sites for hydroxylation is 1. The van der Waals surface area contributed by atoms with E-state index in [1.54, 1.807) is 0 Å². The topological polar surface area (TPSA) is 20.2 Å².